The second-order valence-electron chi connectivity index (χ2n) is 8.53. The molecule has 0 radical (unpaired) electrons. The molecule has 2 aromatic heterocycles. The molecule has 0 spiro atoms. The molecule has 0 aromatic carbocycles. The maximum atomic E-state index is 13.2. The van der Waals surface area contributed by atoms with Crippen molar-refractivity contribution in [3.63, 3.8) is 0 Å². The van der Waals surface area contributed by atoms with Gasteiger partial charge >= 0.3 is 0 Å². The van der Waals surface area contributed by atoms with E-state index in [0.717, 1.165) is 57.9 Å². The van der Waals surface area contributed by atoms with Crippen LogP contribution in [0.2, 0.25) is 0 Å². The van der Waals surface area contributed by atoms with Crippen LogP contribution in [0.1, 0.15) is 71.2 Å². The standard InChI is InChI=1S/C21H26N4O2S/c1-11-16-12(2)22-18(13-3-4-13)24-20(16)28-17(11)21(27)25-9-7-15(8-10-25)23-19(26)14-5-6-14/h13-15H,3-10H2,1-2H3,(H,23,26). The molecular formula is C21H26N4O2S. The van der Waals surface area contributed by atoms with Gasteiger partial charge in [-0.05, 0) is 57.9 Å². The van der Waals surface area contributed by atoms with E-state index < -0.39 is 0 Å². The molecule has 1 N–H and O–H groups in total. The average molecular weight is 399 g/mol. The predicted octanol–water partition coefficient (Wildman–Crippen LogP) is 3.32. The second-order valence-corrected chi connectivity index (χ2v) is 9.53. The zero-order valence-corrected chi connectivity index (χ0v) is 17.3. The van der Waals surface area contributed by atoms with Crippen molar-refractivity contribution in [1.82, 2.24) is 20.2 Å². The van der Waals surface area contributed by atoms with Crippen LogP contribution in [0.3, 0.4) is 0 Å². The molecule has 0 unspecified atom stereocenters. The van der Waals surface area contributed by atoms with Crippen LogP contribution in [-0.4, -0.2) is 45.8 Å². The van der Waals surface area contributed by atoms with E-state index in [0.29, 0.717) is 19.0 Å². The Hall–Kier alpha value is -2.02. The molecule has 0 bridgehead atoms. The smallest absolute Gasteiger partial charge is 0.264 e. The van der Waals surface area contributed by atoms with Gasteiger partial charge in [-0.3, -0.25) is 9.59 Å². The van der Waals surface area contributed by atoms with Crippen LogP contribution in [0.25, 0.3) is 10.2 Å². The lowest BCUT2D eigenvalue weighted by atomic mass is 10.0. The molecule has 7 heteroatoms. The van der Waals surface area contributed by atoms with Gasteiger partial charge in [-0.1, -0.05) is 0 Å². The van der Waals surface area contributed by atoms with E-state index >= 15 is 0 Å². The third-order valence-corrected chi connectivity index (χ3v) is 7.38. The molecule has 1 saturated heterocycles. The van der Waals surface area contributed by atoms with E-state index in [2.05, 4.69) is 5.32 Å². The van der Waals surface area contributed by atoms with Crippen LogP contribution < -0.4 is 5.32 Å². The molecule has 148 valence electrons. The first kappa shape index (κ1) is 18.0. The monoisotopic (exact) mass is 398 g/mol. The first-order valence-corrected chi connectivity index (χ1v) is 11.2. The van der Waals surface area contributed by atoms with Crippen molar-refractivity contribution in [2.24, 2.45) is 5.92 Å². The van der Waals surface area contributed by atoms with Crippen molar-refractivity contribution in [2.45, 2.75) is 64.3 Å². The molecule has 3 aliphatic rings. The number of thiophene rings is 1. The van der Waals surface area contributed by atoms with Crippen LogP contribution >= 0.6 is 11.3 Å². The lowest BCUT2D eigenvalue weighted by molar-refractivity contribution is -0.123. The van der Waals surface area contributed by atoms with Gasteiger partial charge in [0.25, 0.3) is 5.91 Å². The Kier molecular flexibility index (Phi) is 4.38. The maximum Gasteiger partial charge on any atom is 0.264 e. The summed E-state index contributed by atoms with van der Waals surface area (Å²) in [5, 5.41) is 4.20. The van der Waals surface area contributed by atoms with Gasteiger partial charge in [-0.25, -0.2) is 9.97 Å². The summed E-state index contributed by atoms with van der Waals surface area (Å²) in [5.74, 6) is 1.99. The number of likely N-dealkylation sites (tertiary alicyclic amines) is 1. The molecule has 3 fully saturated rings. The minimum atomic E-state index is 0.0971. The van der Waals surface area contributed by atoms with Crippen LogP contribution in [0.4, 0.5) is 0 Å². The van der Waals surface area contributed by atoms with E-state index in [1.807, 2.05) is 18.7 Å². The summed E-state index contributed by atoms with van der Waals surface area (Å²) in [6.45, 7) is 5.43. The van der Waals surface area contributed by atoms with Crippen molar-refractivity contribution in [2.75, 3.05) is 13.1 Å². The lowest BCUT2D eigenvalue weighted by Gasteiger charge is -2.32. The number of hydrogen-bond donors (Lipinski definition) is 1. The number of aryl methyl sites for hydroxylation is 2. The number of rotatable bonds is 4. The number of piperidine rings is 1. The minimum Gasteiger partial charge on any atom is -0.353 e. The van der Waals surface area contributed by atoms with Crippen LogP contribution in [0.5, 0.6) is 0 Å². The first-order valence-electron chi connectivity index (χ1n) is 10.4. The average Bonchev–Trinajstić information content (AvgIpc) is 3.58. The Morgan fingerprint density at radius 2 is 1.75 bits per heavy atom. The van der Waals surface area contributed by atoms with Crippen molar-refractivity contribution < 1.29 is 9.59 Å². The zero-order valence-electron chi connectivity index (χ0n) is 16.5. The second kappa shape index (κ2) is 6.79. The highest BCUT2D eigenvalue weighted by molar-refractivity contribution is 7.20. The third kappa shape index (κ3) is 3.30. The summed E-state index contributed by atoms with van der Waals surface area (Å²) >= 11 is 1.51. The van der Waals surface area contributed by atoms with Crippen molar-refractivity contribution in [1.29, 1.82) is 0 Å². The van der Waals surface area contributed by atoms with E-state index in [-0.39, 0.29) is 23.8 Å². The SMILES string of the molecule is Cc1nc(C2CC2)nc2sc(C(=O)N3CCC(NC(=O)C4CC4)CC3)c(C)c12. The molecule has 2 saturated carbocycles. The van der Waals surface area contributed by atoms with Gasteiger partial charge in [0.1, 0.15) is 10.7 Å². The van der Waals surface area contributed by atoms with Crippen LogP contribution in [0.15, 0.2) is 0 Å². The Labute approximate surface area is 168 Å². The van der Waals surface area contributed by atoms with Gasteiger partial charge in [0.15, 0.2) is 0 Å². The number of carbonyl (C=O) groups is 2. The first-order chi connectivity index (χ1) is 13.5. The van der Waals surface area contributed by atoms with E-state index in [1.54, 1.807) is 0 Å². The highest BCUT2D eigenvalue weighted by atomic mass is 32.1. The molecule has 5 rings (SSSR count). The van der Waals surface area contributed by atoms with Crippen LogP contribution in [-0.2, 0) is 4.79 Å². The predicted molar refractivity (Wildman–Crippen MR) is 109 cm³/mol. The number of carbonyl (C=O) groups excluding carboxylic acids is 2. The largest absolute Gasteiger partial charge is 0.353 e. The zero-order chi connectivity index (χ0) is 19.4. The highest BCUT2D eigenvalue weighted by Crippen LogP contribution is 2.40. The third-order valence-electron chi connectivity index (χ3n) is 6.20. The summed E-state index contributed by atoms with van der Waals surface area (Å²) < 4.78 is 0. The number of amides is 2. The minimum absolute atomic E-state index is 0.0971. The molecule has 2 amide bonds. The van der Waals surface area contributed by atoms with Crippen molar-refractivity contribution in [3.8, 4) is 0 Å². The molecule has 2 aromatic rings. The molecular weight excluding hydrogens is 372 g/mol. The highest BCUT2D eigenvalue weighted by Gasteiger charge is 2.33. The molecule has 1 aliphatic heterocycles. The lowest BCUT2D eigenvalue weighted by Crippen LogP contribution is -2.46. The van der Waals surface area contributed by atoms with Gasteiger partial charge in [-0.2, -0.15) is 0 Å². The summed E-state index contributed by atoms with van der Waals surface area (Å²) in [5.41, 5.74) is 2.00. The number of nitrogens with zero attached hydrogens (tertiary/aromatic N) is 3. The van der Waals surface area contributed by atoms with E-state index in [4.69, 9.17) is 9.97 Å². The van der Waals surface area contributed by atoms with Crippen molar-refractivity contribution >= 4 is 33.4 Å². The van der Waals surface area contributed by atoms with Gasteiger partial charge in [0.05, 0.1) is 10.6 Å². The molecule has 28 heavy (non-hydrogen) atoms. The Morgan fingerprint density at radius 3 is 2.39 bits per heavy atom. The van der Waals surface area contributed by atoms with E-state index in [1.165, 1.54) is 24.2 Å². The topological polar surface area (TPSA) is 75.2 Å². The summed E-state index contributed by atoms with van der Waals surface area (Å²) in [4.78, 5) is 38.3. The molecule has 2 aliphatic carbocycles. The number of nitrogens with one attached hydrogen (secondary N) is 1. The quantitative estimate of drug-likeness (QED) is 0.857. The number of fused-ring (bicyclic) bond motifs is 1. The fraction of sp³-hybridized carbons (Fsp3) is 0.619. The summed E-state index contributed by atoms with van der Waals surface area (Å²) in [6, 6.07) is 0.204. The Bertz CT molecular complexity index is 953. The summed E-state index contributed by atoms with van der Waals surface area (Å²) in [7, 11) is 0. The fourth-order valence-electron chi connectivity index (χ4n) is 4.12. The molecule has 0 atom stereocenters. The Balaban J connectivity index is 1.31. The Morgan fingerprint density at radius 1 is 1.04 bits per heavy atom. The van der Waals surface area contributed by atoms with E-state index in [9.17, 15) is 9.59 Å². The van der Waals surface area contributed by atoms with Crippen molar-refractivity contribution in [3.05, 3.63) is 22.0 Å². The van der Waals surface area contributed by atoms with Gasteiger partial charge in [0.2, 0.25) is 5.91 Å². The normalized spacial score (nSPS) is 20.6. The maximum absolute atomic E-state index is 13.2. The molecule has 6 nitrogen and oxygen atoms in total. The van der Waals surface area contributed by atoms with Crippen LogP contribution in [0, 0.1) is 19.8 Å². The van der Waals surface area contributed by atoms with Gasteiger partial charge in [0, 0.05) is 36.4 Å². The van der Waals surface area contributed by atoms with Gasteiger partial charge < -0.3 is 10.2 Å². The fourth-order valence-corrected chi connectivity index (χ4v) is 5.33. The summed E-state index contributed by atoms with van der Waals surface area (Å²) in [6.07, 6.45) is 6.07. The van der Waals surface area contributed by atoms with Gasteiger partial charge in [-0.15, -0.1) is 11.3 Å². The number of hydrogen-bond acceptors (Lipinski definition) is 5. The number of aromatic nitrogens is 2. The molecule has 3 heterocycles.